The van der Waals surface area contributed by atoms with Crippen LogP contribution in [-0.4, -0.2) is 99.6 Å². The van der Waals surface area contributed by atoms with Gasteiger partial charge in [0.05, 0.1) is 25.4 Å². The molecule has 0 aromatic heterocycles. The highest BCUT2D eigenvalue weighted by molar-refractivity contribution is 5.80. The van der Waals surface area contributed by atoms with E-state index < -0.39 is 67.4 Å². The van der Waals surface area contributed by atoms with Crippen molar-refractivity contribution in [2.24, 2.45) is 0 Å². The number of rotatable bonds is 53. The van der Waals surface area contributed by atoms with Crippen molar-refractivity contribution in [1.82, 2.24) is 5.32 Å². The lowest BCUT2D eigenvalue weighted by molar-refractivity contribution is -0.305. The Morgan fingerprint density at radius 2 is 0.947 bits per heavy atom. The molecular formula is C65H117NO10. The van der Waals surface area contributed by atoms with Crippen molar-refractivity contribution in [2.75, 3.05) is 13.2 Å². The van der Waals surface area contributed by atoms with Gasteiger partial charge in [-0.2, -0.15) is 0 Å². The van der Waals surface area contributed by atoms with E-state index in [1.165, 1.54) is 173 Å². The van der Waals surface area contributed by atoms with Crippen LogP contribution in [0.3, 0.4) is 0 Å². The summed E-state index contributed by atoms with van der Waals surface area (Å²) in [5, 5.41) is 56.8. The van der Waals surface area contributed by atoms with Crippen LogP contribution in [0, 0.1) is 0 Å². The number of allylic oxidation sites excluding steroid dienone is 9. The number of aliphatic hydroxyl groups is 5. The molecule has 1 amide bonds. The molecule has 6 N–H and O–H groups in total. The van der Waals surface area contributed by atoms with E-state index in [2.05, 4.69) is 32.2 Å². The van der Waals surface area contributed by atoms with E-state index in [0.717, 1.165) is 57.8 Å². The van der Waals surface area contributed by atoms with E-state index in [1.54, 1.807) is 6.08 Å². The number of carbonyl (C=O) groups excluding carboxylic acids is 2. The molecular weight excluding hydrogens is 955 g/mol. The van der Waals surface area contributed by atoms with Gasteiger partial charge in [0.25, 0.3) is 0 Å². The Morgan fingerprint density at radius 3 is 1.42 bits per heavy atom. The molecule has 8 unspecified atom stereocenters. The average Bonchev–Trinajstić information content (AvgIpc) is 3.42. The summed E-state index contributed by atoms with van der Waals surface area (Å²) in [6.07, 6.45) is 55.7. The second kappa shape index (κ2) is 53.0. The number of carbonyl (C=O) groups is 2. The maximum Gasteiger partial charge on any atom is 0.306 e. The fraction of sp³-hybridized carbons (Fsp3) is 0.815. The van der Waals surface area contributed by atoms with Crippen LogP contribution in [0.25, 0.3) is 0 Å². The van der Waals surface area contributed by atoms with Gasteiger partial charge in [0.2, 0.25) is 5.91 Å². The summed E-state index contributed by atoms with van der Waals surface area (Å²) in [7, 11) is 0. The van der Waals surface area contributed by atoms with E-state index in [9.17, 15) is 35.1 Å². The van der Waals surface area contributed by atoms with Gasteiger partial charge in [-0.05, 0) is 44.9 Å². The van der Waals surface area contributed by atoms with Gasteiger partial charge in [0.15, 0.2) is 12.4 Å². The number of amides is 1. The topological polar surface area (TPSA) is 175 Å². The molecule has 1 saturated heterocycles. The lowest BCUT2D eigenvalue weighted by Crippen LogP contribution is -2.61. The third-order valence-corrected chi connectivity index (χ3v) is 14.8. The summed E-state index contributed by atoms with van der Waals surface area (Å²) >= 11 is 0. The minimum absolute atomic E-state index is 0.121. The maximum atomic E-state index is 13.4. The molecule has 11 heteroatoms. The average molecular weight is 1070 g/mol. The summed E-state index contributed by atoms with van der Waals surface area (Å²) in [6.45, 7) is 5.63. The lowest BCUT2D eigenvalue weighted by atomic mass is 9.99. The first-order valence-electron chi connectivity index (χ1n) is 31.6. The predicted molar refractivity (Wildman–Crippen MR) is 315 cm³/mol. The Morgan fingerprint density at radius 1 is 0.526 bits per heavy atom. The Kier molecular flexibility index (Phi) is 49.8. The van der Waals surface area contributed by atoms with E-state index in [4.69, 9.17) is 14.2 Å². The third kappa shape index (κ3) is 40.5. The maximum absolute atomic E-state index is 13.4. The molecule has 0 aromatic rings. The Hall–Kier alpha value is -2.64. The van der Waals surface area contributed by atoms with Gasteiger partial charge in [0, 0.05) is 6.42 Å². The molecule has 0 radical (unpaired) electrons. The molecule has 442 valence electrons. The second-order valence-corrected chi connectivity index (χ2v) is 21.9. The highest BCUT2D eigenvalue weighted by atomic mass is 16.7. The molecule has 11 nitrogen and oxygen atoms in total. The largest absolute Gasteiger partial charge is 0.454 e. The first kappa shape index (κ1) is 71.4. The zero-order chi connectivity index (χ0) is 55.4. The predicted octanol–water partition coefficient (Wildman–Crippen LogP) is 15.0. The first-order chi connectivity index (χ1) is 37.2. The second-order valence-electron chi connectivity index (χ2n) is 21.9. The Bertz CT molecular complexity index is 1460. The molecule has 1 rings (SSSR count). The number of aliphatic hydroxyl groups excluding tert-OH is 5. The number of esters is 1. The van der Waals surface area contributed by atoms with Crippen molar-refractivity contribution in [1.29, 1.82) is 0 Å². The molecule has 1 heterocycles. The van der Waals surface area contributed by atoms with Crippen molar-refractivity contribution in [3.8, 4) is 0 Å². The van der Waals surface area contributed by atoms with Crippen molar-refractivity contribution in [3.63, 3.8) is 0 Å². The van der Waals surface area contributed by atoms with Crippen LogP contribution in [0.2, 0.25) is 0 Å². The summed E-state index contributed by atoms with van der Waals surface area (Å²) in [5.41, 5.74) is 0. The van der Waals surface area contributed by atoms with Gasteiger partial charge in [-0.1, -0.05) is 287 Å². The standard InChI is InChI=1S/C65H117NO10/c1-4-7-10-13-16-19-22-25-26-27-28-29-30-31-32-33-34-35-38-41-44-47-50-53-60(70)76-63-62(72)61(71)59(54-67)75-65(63)74-55-56(57(68)51-48-45-42-39-36-23-20-17-14-11-8-5-2)66-64(73)58(69)52-49-46-43-40-37-24-21-18-15-12-9-6-3/h9,12,15,18,21,24,37,40,48,51,56-59,61-63,65,67-69,71-72H,4-8,10-11,13-14,16-17,19-20,22-23,25-36,38-39,41-47,49-50,52-55H2,1-3H3,(H,66,73)/b12-9+,18-15+,24-21-,40-37-,51-48+. The quantitative estimate of drug-likeness (QED) is 0.0149. The summed E-state index contributed by atoms with van der Waals surface area (Å²) in [6, 6.07) is -1.04. The lowest BCUT2D eigenvalue weighted by Gasteiger charge is -2.41. The molecule has 1 aliphatic heterocycles. The summed E-state index contributed by atoms with van der Waals surface area (Å²) in [5.74, 6) is -1.23. The van der Waals surface area contributed by atoms with E-state index in [-0.39, 0.29) is 19.4 Å². The summed E-state index contributed by atoms with van der Waals surface area (Å²) < 4.78 is 17.6. The van der Waals surface area contributed by atoms with Gasteiger partial charge in [-0.3, -0.25) is 9.59 Å². The monoisotopic (exact) mass is 1070 g/mol. The normalized spacial score (nSPS) is 19.5. The SMILES string of the molecule is CC/C=C/C=C/C=C\C=C/CCCCC(O)C(=O)NC(COC1OC(CO)C(O)C(O)C1OC(=O)CCCCCCCCCCCCCCCCCCCCCCCCC)C(O)/C=C/CCCCCCCCCCCC. The minimum Gasteiger partial charge on any atom is -0.454 e. The molecule has 76 heavy (non-hydrogen) atoms. The van der Waals surface area contributed by atoms with Gasteiger partial charge in [-0.15, -0.1) is 0 Å². The Labute approximate surface area is 465 Å². The van der Waals surface area contributed by atoms with Crippen LogP contribution in [0.1, 0.15) is 278 Å². The van der Waals surface area contributed by atoms with Crippen molar-refractivity contribution >= 4 is 11.9 Å². The van der Waals surface area contributed by atoms with Gasteiger partial charge < -0.3 is 45.1 Å². The zero-order valence-electron chi connectivity index (χ0n) is 48.9. The van der Waals surface area contributed by atoms with E-state index >= 15 is 0 Å². The molecule has 8 atom stereocenters. The van der Waals surface area contributed by atoms with E-state index in [1.807, 2.05) is 48.6 Å². The van der Waals surface area contributed by atoms with Crippen molar-refractivity contribution in [3.05, 3.63) is 60.8 Å². The number of unbranched alkanes of at least 4 members (excludes halogenated alkanes) is 34. The fourth-order valence-corrected chi connectivity index (χ4v) is 9.78. The molecule has 0 aliphatic carbocycles. The molecule has 0 saturated carbocycles. The van der Waals surface area contributed by atoms with Crippen LogP contribution in [0.15, 0.2) is 60.8 Å². The minimum atomic E-state index is -1.62. The van der Waals surface area contributed by atoms with Crippen LogP contribution < -0.4 is 5.32 Å². The fourth-order valence-electron chi connectivity index (χ4n) is 9.78. The van der Waals surface area contributed by atoms with Crippen LogP contribution in [0.4, 0.5) is 0 Å². The highest BCUT2D eigenvalue weighted by Gasteiger charge is 2.47. The zero-order valence-corrected chi connectivity index (χ0v) is 48.9. The third-order valence-electron chi connectivity index (χ3n) is 14.8. The number of hydrogen-bond donors (Lipinski definition) is 6. The van der Waals surface area contributed by atoms with Crippen LogP contribution >= 0.6 is 0 Å². The van der Waals surface area contributed by atoms with Crippen LogP contribution in [0.5, 0.6) is 0 Å². The summed E-state index contributed by atoms with van der Waals surface area (Å²) in [4.78, 5) is 26.5. The van der Waals surface area contributed by atoms with E-state index in [0.29, 0.717) is 12.8 Å². The molecule has 1 aliphatic rings. The molecule has 0 aromatic carbocycles. The van der Waals surface area contributed by atoms with Gasteiger partial charge in [-0.25, -0.2) is 0 Å². The number of hydrogen-bond acceptors (Lipinski definition) is 10. The van der Waals surface area contributed by atoms with Crippen molar-refractivity contribution < 1.29 is 49.3 Å². The molecule has 0 bridgehead atoms. The highest BCUT2D eigenvalue weighted by Crippen LogP contribution is 2.26. The number of ether oxygens (including phenoxy) is 3. The first-order valence-corrected chi connectivity index (χ1v) is 31.6. The molecule has 1 fully saturated rings. The van der Waals surface area contributed by atoms with Crippen LogP contribution in [-0.2, 0) is 23.8 Å². The smallest absolute Gasteiger partial charge is 0.306 e. The van der Waals surface area contributed by atoms with Gasteiger partial charge >= 0.3 is 5.97 Å². The number of nitrogens with one attached hydrogen (secondary N) is 1. The Balaban J connectivity index is 2.61. The van der Waals surface area contributed by atoms with Gasteiger partial charge in [0.1, 0.15) is 24.4 Å². The van der Waals surface area contributed by atoms with Crippen molar-refractivity contribution in [2.45, 2.75) is 327 Å². The molecule has 0 spiro atoms.